The van der Waals surface area contributed by atoms with Crippen molar-refractivity contribution >= 4 is 40.9 Å². The van der Waals surface area contributed by atoms with Crippen LogP contribution in [0.25, 0.3) is 0 Å². The largest absolute Gasteiger partial charge is 0.414 e. The van der Waals surface area contributed by atoms with Gasteiger partial charge in [0.05, 0.1) is 16.2 Å². The number of rotatable bonds is 5. The lowest BCUT2D eigenvalue weighted by Crippen LogP contribution is -2.49. The topological polar surface area (TPSA) is 51.5 Å². The van der Waals surface area contributed by atoms with Gasteiger partial charge < -0.3 is 4.43 Å². The summed E-state index contributed by atoms with van der Waals surface area (Å²) < 4.78 is 24.2. The van der Waals surface area contributed by atoms with Gasteiger partial charge in [0, 0.05) is 12.0 Å². The maximum Gasteiger partial charge on any atom is 0.192 e. The van der Waals surface area contributed by atoms with Gasteiger partial charge in [-0.15, -0.1) is 0 Å². The van der Waals surface area contributed by atoms with Gasteiger partial charge in [0.1, 0.15) is 15.6 Å². The van der Waals surface area contributed by atoms with Gasteiger partial charge in [-0.25, -0.2) is 9.19 Å². The van der Waals surface area contributed by atoms with Crippen LogP contribution in [-0.2, 0) is 15.4 Å². The predicted octanol–water partition coefficient (Wildman–Crippen LogP) is 5.90. The second-order valence-corrected chi connectivity index (χ2v) is 17.3. The molecule has 1 aromatic rings. The lowest BCUT2D eigenvalue weighted by Gasteiger charge is -2.45. The first kappa shape index (κ1) is 22.9. The van der Waals surface area contributed by atoms with Crippen LogP contribution in [0.2, 0.25) is 18.1 Å². The van der Waals surface area contributed by atoms with E-state index in [4.69, 9.17) is 4.43 Å². The molecule has 1 heterocycles. The summed E-state index contributed by atoms with van der Waals surface area (Å²) in [6.07, 6.45) is 2.10. The smallest absolute Gasteiger partial charge is 0.192 e. The number of aromatic nitrogens is 1. The van der Waals surface area contributed by atoms with Gasteiger partial charge in [-0.1, -0.05) is 26.8 Å². The number of hydrogen-bond donors (Lipinski definition) is 0. The molecule has 0 amide bonds. The summed E-state index contributed by atoms with van der Waals surface area (Å²) in [6.45, 7) is 17.2. The molecule has 0 unspecified atom stereocenters. The van der Waals surface area contributed by atoms with Crippen molar-refractivity contribution in [2.45, 2.75) is 83.4 Å². The molecule has 1 fully saturated rings. The van der Waals surface area contributed by atoms with E-state index in [1.54, 1.807) is 0 Å². The van der Waals surface area contributed by atoms with Gasteiger partial charge in [-0.3, -0.25) is 0 Å². The SMILES string of the molecule is CC(C)(C)[S@@](=O)N=C(c1cccc(Br)n1)C1CC(O[Si](C)(C)C(C)(C)C)C1. The molecule has 1 aliphatic rings. The Morgan fingerprint density at radius 3 is 2.30 bits per heavy atom. The van der Waals surface area contributed by atoms with Gasteiger partial charge >= 0.3 is 0 Å². The molecular formula is C20H33BrN2O2SSi. The Morgan fingerprint density at radius 2 is 1.81 bits per heavy atom. The molecule has 152 valence electrons. The van der Waals surface area contributed by atoms with Crippen LogP contribution in [0.3, 0.4) is 0 Å². The number of nitrogens with zero attached hydrogens (tertiary/aromatic N) is 2. The highest BCUT2D eigenvalue weighted by molar-refractivity contribution is 9.10. The van der Waals surface area contributed by atoms with E-state index in [9.17, 15) is 4.21 Å². The minimum absolute atomic E-state index is 0.203. The second kappa shape index (κ2) is 8.17. The standard InChI is InChI=1S/C20H33BrN2O2SSi/c1-19(2,3)26(24)23-18(16-10-9-11-17(21)22-16)14-12-15(13-14)25-27(7,8)20(4,5)6/h9-11,14-15H,12-13H2,1-8H3/t14?,15?,26-/m1/s1. The zero-order valence-corrected chi connectivity index (χ0v) is 21.2. The molecule has 4 nitrogen and oxygen atoms in total. The fraction of sp³-hybridized carbons (Fsp3) is 0.700. The van der Waals surface area contributed by atoms with Crippen molar-refractivity contribution in [1.82, 2.24) is 4.98 Å². The normalized spacial score (nSPS) is 23.1. The molecule has 0 bridgehead atoms. The molecule has 0 radical (unpaired) electrons. The van der Waals surface area contributed by atoms with Crippen LogP contribution in [0, 0.1) is 5.92 Å². The fourth-order valence-corrected chi connectivity index (χ4v) is 5.00. The summed E-state index contributed by atoms with van der Waals surface area (Å²) in [5.41, 5.74) is 1.65. The number of halogens is 1. The molecule has 7 heteroatoms. The van der Waals surface area contributed by atoms with Crippen molar-refractivity contribution in [3.8, 4) is 0 Å². The van der Waals surface area contributed by atoms with Crippen LogP contribution in [0.1, 0.15) is 60.1 Å². The highest BCUT2D eigenvalue weighted by Gasteiger charge is 2.44. The van der Waals surface area contributed by atoms with Gasteiger partial charge in [0.2, 0.25) is 0 Å². The van der Waals surface area contributed by atoms with Crippen LogP contribution in [0.15, 0.2) is 27.2 Å². The Bertz CT molecular complexity index is 732. The Kier molecular flexibility index (Phi) is 6.93. The summed E-state index contributed by atoms with van der Waals surface area (Å²) >= 11 is 3.44. The maximum atomic E-state index is 12.7. The van der Waals surface area contributed by atoms with Gasteiger partial charge in [-0.05, 0) is 79.8 Å². The Balaban J connectivity index is 2.20. The average Bonchev–Trinajstić information content (AvgIpc) is 2.46. The summed E-state index contributed by atoms with van der Waals surface area (Å²) in [7, 11) is -3.08. The van der Waals surface area contributed by atoms with Crippen molar-refractivity contribution in [1.29, 1.82) is 0 Å². The van der Waals surface area contributed by atoms with Gasteiger partial charge in [0.15, 0.2) is 8.32 Å². The first-order chi connectivity index (χ1) is 12.2. The molecule has 0 spiro atoms. The monoisotopic (exact) mass is 472 g/mol. The first-order valence-electron chi connectivity index (χ1n) is 9.52. The fourth-order valence-electron chi connectivity index (χ4n) is 2.59. The predicted molar refractivity (Wildman–Crippen MR) is 121 cm³/mol. The molecule has 2 rings (SSSR count). The second-order valence-electron chi connectivity index (χ2n) is 9.85. The van der Waals surface area contributed by atoms with Gasteiger partial charge in [-0.2, -0.15) is 4.40 Å². The third kappa shape index (κ3) is 5.81. The Hall–Kier alpha value is -0.373. The van der Waals surface area contributed by atoms with Crippen molar-refractivity contribution in [3.63, 3.8) is 0 Å². The zero-order valence-electron chi connectivity index (χ0n) is 17.8. The summed E-state index contributed by atoms with van der Waals surface area (Å²) in [5, 5.41) is 0.203. The first-order valence-corrected chi connectivity index (χ1v) is 14.3. The molecule has 0 N–H and O–H groups in total. The van der Waals surface area contributed by atoms with Crippen molar-refractivity contribution in [3.05, 3.63) is 28.5 Å². The molecular weight excluding hydrogens is 440 g/mol. The van der Waals surface area contributed by atoms with Crippen LogP contribution < -0.4 is 0 Å². The minimum Gasteiger partial charge on any atom is -0.414 e. The van der Waals surface area contributed by atoms with Crippen LogP contribution in [-0.4, -0.2) is 34.1 Å². The Morgan fingerprint density at radius 1 is 1.22 bits per heavy atom. The van der Waals surface area contributed by atoms with E-state index in [0.717, 1.165) is 28.9 Å². The molecule has 27 heavy (non-hydrogen) atoms. The summed E-state index contributed by atoms with van der Waals surface area (Å²) in [6, 6.07) is 5.79. The molecule has 0 aliphatic heterocycles. The summed E-state index contributed by atoms with van der Waals surface area (Å²) in [4.78, 5) is 4.57. The third-order valence-corrected chi connectivity index (χ3v) is 11.8. The molecule has 1 aliphatic carbocycles. The van der Waals surface area contributed by atoms with Crippen LogP contribution >= 0.6 is 15.9 Å². The van der Waals surface area contributed by atoms with Crippen molar-refractivity contribution in [2.24, 2.45) is 10.3 Å². The molecule has 1 atom stereocenters. The average molecular weight is 474 g/mol. The van der Waals surface area contributed by atoms with E-state index >= 15 is 0 Å². The molecule has 0 saturated heterocycles. The van der Waals surface area contributed by atoms with Crippen LogP contribution in [0.5, 0.6) is 0 Å². The van der Waals surface area contributed by atoms with Crippen molar-refractivity contribution in [2.75, 3.05) is 0 Å². The number of pyridine rings is 1. The van der Waals surface area contributed by atoms with E-state index in [2.05, 4.69) is 59.2 Å². The molecule has 1 aromatic heterocycles. The van der Waals surface area contributed by atoms with Crippen molar-refractivity contribution < 1.29 is 8.63 Å². The summed E-state index contributed by atoms with van der Waals surface area (Å²) in [5.74, 6) is 0.243. The zero-order chi connectivity index (χ0) is 20.6. The van der Waals surface area contributed by atoms with E-state index < -0.39 is 24.1 Å². The third-order valence-electron chi connectivity index (χ3n) is 5.43. The lowest BCUT2D eigenvalue weighted by molar-refractivity contribution is 0.0800. The van der Waals surface area contributed by atoms with Crippen LogP contribution in [0.4, 0.5) is 0 Å². The molecule has 1 saturated carbocycles. The highest BCUT2D eigenvalue weighted by atomic mass is 79.9. The highest BCUT2D eigenvalue weighted by Crippen LogP contribution is 2.42. The minimum atomic E-state index is -1.78. The quantitative estimate of drug-likeness (QED) is 0.304. The van der Waals surface area contributed by atoms with E-state index in [1.165, 1.54) is 0 Å². The van der Waals surface area contributed by atoms with Gasteiger partial charge in [0.25, 0.3) is 0 Å². The van der Waals surface area contributed by atoms with E-state index in [-0.39, 0.29) is 17.1 Å². The number of hydrogen-bond acceptors (Lipinski definition) is 3. The molecule has 0 aromatic carbocycles. The lowest BCUT2D eigenvalue weighted by atomic mass is 9.78. The van der Waals surface area contributed by atoms with E-state index in [1.807, 2.05) is 39.0 Å². The maximum absolute atomic E-state index is 12.7. The Labute approximate surface area is 176 Å². The van der Waals surface area contributed by atoms with E-state index in [0.29, 0.717) is 0 Å².